The van der Waals surface area contributed by atoms with Crippen LogP contribution in [-0.4, -0.2) is 39.1 Å². The number of rotatable bonds is 6. The van der Waals surface area contributed by atoms with Gasteiger partial charge in [0.1, 0.15) is 11.3 Å². The van der Waals surface area contributed by atoms with Crippen LogP contribution in [0.2, 0.25) is 0 Å². The molecular weight excluding hydrogens is 374 g/mol. The molecule has 0 unspecified atom stereocenters. The minimum Gasteiger partial charge on any atom is -0.497 e. The van der Waals surface area contributed by atoms with E-state index >= 15 is 0 Å². The van der Waals surface area contributed by atoms with E-state index in [1.807, 2.05) is 42.8 Å². The molecule has 0 atom stereocenters. The molecule has 0 saturated heterocycles. The van der Waals surface area contributed by atoms with Crippen molar-refractivity contribution in [3.8, 4) is 17.0 Å². The number of nitrogens with one attached hydrogen (secondary N) is 1. The fourth-order valence-electron chi connectivity index (χ4n) is 2.83. The summed E-state index contributed by atoms with van der Waals surface area (Å²) in [5.41, 5.74) is 3.98. The highest BCUT2D eigenvalue weighted by atomic mass is 32.1. The zero-order chi connectivity index (χ0) is 19.5. The van der Waals surface area contributed by atoms with Crippen LogP contribution < -0.4 is 10.1 Å². The number of carbonyl (C=O) groups is 1. The first kappa shape index (κ1) is 18.1. The number of carbonyl (C=O) groups excluding carboxylic acids is 1. The molecule has 0 aliphatic rings. The second-order valence-corrected chi connectivity index (χ2v) is 7.26. The Morgan fingerprint density at radius 2 is 2.07 bits per heavy atom. The molecule has 3 aromatic heterocycles. The number of aromatic nitrogens is 4. The van der Waals surface area contributed by atoms with Crippen molar-refractivity contribution < 1.29 is 9.53 Å². The van der Waals surface area contributed by atoms with E-state index in [-0.39, 0.29) is 5.91 Å². The Morgan fingerprint density at radius 3 is 2.86 bits per heavy atom. The highest BCUT2D eigenvalue weighted by molar-refractivity contribution is 7.09. The quantitative estimate of drug-likeness (QED) is 0.544. The smallest absolute Gasteiger partial charge is 0.256 e. The Morgan fingerprint density at radius 1 is 1.25 bits per heavy atom. The lowest BCUT2D eigenvalue weighted by molar-refractivity contribution is 0.0955. The molecule has 0 aliphatic carbocycles. The van der Waals surface area contributed by atoms with Crippen LogP contribution in [0.15, 0.2) is 48.2 Å². The Kier molecular flexibility index (Phi) is 5.03. The predicted molar refractivity (Wildman–Crippen MR) is 108 cm³/mol. The van der Waals surface area contributed by atoms with E-state index in [1.54, 1.807) is 35.4 Å². The van der Waals surface area contributed by atoms with Gasteiger partial charge in [-0.2, -0.15) is 5.10 Å². The standard InChI is InChI=1S/C20H19N5O2S/c1-13-9-22-19-16(10-23-25(19)11-13)20(26)21-8-7-18-24-17(12-28-18)14-3-5-15(27-2)6-4-14/h3-6,9-12H,7-8H2,1-2H3,(H,21,26). The fraction of sp³-hybridized carbons (Fsp3) is 0.200. The minimum absolute atomic E-state index is 0.182. The second kappa shape index (κ2) is 7.77. The molecule has 8 heteroatoms. The Labute approximate surface area is 166 Å². The van der Waals surface area contributed by atoms with Gasteiger partial charge in [-0.05, 0) is 36.8 Å². The molecule has 4 rings (SSSR count). The number of benzene rings is 1. The van der Waals surface area contributed by atoms with Gasteiger partial charge < -0.3 is 10.1 Å². The van der Waals surface area contributed by atoms with Gasteiger partial charge in [-0.3, -0.25) is 4.79 Å². The highest BCUT2D eigenvalue weighted by Crippen LogP contribution is 2.24. The van der Waals surface area contributed by atoms with Gasteiger partial charge in [0.2, 0.25) is 0 Å². The van der Waals surface area contributed by atoms with Crippen molar-refractivity contribution in [1.29, 1.82) is 0 Å². The monoisotopic (exact) mass is 393 g/mol. The van der Waals surface area contributed by atoms with Crippen LogP contribution in [0.3, 0.4) is 0 Å². The van der Waals surface area contributed by atoms with Crippen molar-refractivity contribution in [1.82, 2.24) is 24.9 Å². The second-order valence-electron chi connectivity index (χ2n) is 6.32. The molecular formula is C20H19N5O2S. The average molecular weight is 393 g/mol. The highest BCUT2D eigenvalue weighted by Gasteiger charge is 2.14. The third kappa shape index (κ3) is 3.72. The van der Waals surface area contributed by atoms with E-state index in [0.29, 0.717) is 24.2 Å². The molecule has 7 nitrogen and oxygen atoms in total. The molecule has 0 spiro atoms. The number of nitrogens with zero attached hydrogens (tertiary/aromatic N) is 4. The van der Waals surface area contributed by atoms with Gasteiger partial charge in [-0.25, -0.2) is 14.5 Å². The van der Waals surface area contributed by atoms with Crippen molar-refractivity contribution in [2.75, 3.05) is 13.7 Å². The van der Waals surface area contributed by atoms with Gasteiger partial charge in [0.05, 0.1) is 24.0 Å². The van der Waals surface area contributed by atoms with Gasteiger partial charge >= 0.3 is 0 Å². The van der Waals surface area contributed by atoms with Crippen LogP contribution in [0.25, 0.3) is 16.9 Å². The van der Waals surface area contributed by atoms with Crippen LogP contribution in [0.5, 0.6) is 5.75 Å². The van der Waals surface area contributed by atoms with Crippen LogP contribution in [0, 0.1) is 6.92 Å². The lowest BCUT2D eigenvalue weighted by Gasteiger charge is -2.03. The molecule has 28 heavy (non-hydrogen) atoms. The Bertz CT molecular complexity index is 1120. The molecule has 142 valence electrons. The van der Waals surface area contributed by atoms with Gasteiger partial charge in [0.25, 0.3) is 5.91 Å². The third-order valence-electron chi connectivity index (χ3n) is 4.29. The molecule has 0 fully saturated rings. The summed E-state index contributed by atoms with van der Waals surface area (Å²) in [7, 11) is 1.65. The van der Waals surface area contributed by atoms with Crippen molar-refractivity contribution in [2.45, 2.75) is 13.3 Å². The van der Waals surface area contributed by atoms with Crippen LogP contribution in [0.1, 0.15) is 20.9 Å². The van der Waals surface area contributed by atoms with Crippen molar-refractivity contribution in [2.24, 2.45) is 0 Å². The normalized spacial score (nSPS) is 10.9. The van der Waals surface area contributed by atoms with Gasteiger partial charge in [-0.15, -0.1) is 11.3 Å². The largest absolute Gasteiger partial charge is 0.497 e. The molecule has 1 amide bonds. The van der Waals surface area contributed by atoms with E-state index in [1.165, 1.54) is 0 Å². The summed E-state index contributed by atoms with van der Waals surface area (Å²) in [6.45, 7) is 2.43. The fourth-order valence-corrected chi connectivity index (χ4v) is 3.63. The molecule has 0 aliphatic heterocycles. The lowest BCUT2D eigenvalue weighted by Crippen LogP contribution is -2.25. The summed E-state index contributed by atoms with van der Waals surface area (Å²) < 4.78 is 6.80. The third-order valence-corrected chi connectivity index (χ3v) is 5.20. The first-order valence-electron chi connectivity index (χ1n) is 8.81. The van der Waals surface area contributed by atoms with E-state index < -0.39 is 0 Å². The molecule has 1 N–H and O–H groups in total. The van der Waals surface area contributed by atoms with E-state index in [4.69, 9.17) is 4.74 Å². The van der Waals surface area contributed by atoms with Crippen molar-refractivity contribution in [3.63, 3.8) is 0 Å². The Hall–Kier alpha value is -3.26. The number of hydrogen-bond acceptors (Lipinski definition) is 6. The lowest BCUT2D eigenvalue weighted by atomic mass is 10.2. The number of methoxy groups -OCH3 is 1. The molecule has 4 aromatic rings. The van der Waals surface area contributed by atoms with Crippen molar-refractivity contribution in [3.05, 3.63) is 64.4 Å². The average Bonchev–Trinajstić information content (AvgIpc) is 3.35. The molecule has 3 heterocycles. The number of hydrogen-bond donors (Lipinski definition) is 1. The van der Waals surface area contributed by atoms with Gasteiger partial charge in [0.15, 0.2) is 5.65 Å². The first-order valence-corrected chi connectivity index (χ1v) is 9.69. The zero-order valence-corrected chi connectivity index (χ0v) is 16.4. The van der Waals surface area contributed by atoms with Crippen LogP contribution in [-0.2, 0) is 6.42 Å². The van der Waals surface area contributed by atoms with Crippen LogP contribution >= 0.6 is 11.3 Å². The summed E-state index contributed by atoms with van der Waals surface area (Å²) in [5.74, 6) is 0.637. The molecule has 0 bridgehead atoms. The summed E-state index contributed by atoms with van der Waals surface area (Å²) >= 11 is 1.59. The SMILES string of the molecule is COc1ccc(-c2csc(CCNC(=O)c3cnn4cc(C)cnc34)n2)cc1. The van der Waals surface area contributed by atoms with Crippen molar-refractivity contribution >= 4 is 22.9 Å². The van der Waals surface area contributed by atoms with E-state index in [2.05, 4.69) is 20.4 Å². The maximum absolute atomic E-state index is 12.4. The number of aryl methyl sites for hydroxylation is 1. The maximum atomic E-state index is 12.4. The number of fused-ring (bicyclic) bond motifs is 1. The maximum Gasteiger partial charge on any atom is 0.256 e. The summed E-state index contributed by atoms with van der Waals surface area (Å²) in [6, 6.07) is 7.80. The van der Waals surface area contributed by atoms with Gasteiger partial charge in [0, 0.05) is 36.3 Å². The van der Waals surface area contributed by atoms with E-state index in [0.717, 1.165) is 27.6 Å². The summed E-state index contributed by atoms with van der Waals surface area (Å²) in [5, 5.41) is 10.1. The summed E-state index contributed by atoms with van der Waals surface area (Å²) in [4.78, 5) is 21.4. The number of thiazole rings is 1. The molecule has 0 radical (unpaired) electrons. The minimum atomic E-state index is -0.182. The van der Waals surface area contributed by atoms with Crippen LogP contribution in [0.4, 0.5) is 0 Å². The first-order chi connectivity index (χ1) is 13.6. The zero-order valence-electron chi connectivity index (χ0n) is 15.5. The Balaban J connectivity index is 1.37. The summed E-state index contributed by atoms with van der Waals surface area (Å²) in [6.07, 6.45) is 5.78. The predicted octanol–water partition coefficient (Wildman–Crippen LogP) is 3.14. The van der Waals surface area contributed by atoms with E-state index in [9.17, 15) is 4.79 Å². The van der Waals surface area contributed by atoms with Gasteiger partial charge in [-0.1, -0.05) is 0 Å². The number of ether oxygens (including phenoxy) is 1. The topological polar surface area (TPSA) is 81.4 Å². The number of amides is 1. The molecule has 0 saturated carbocycles. The molecule has 1 aromatic carbocycles.